The third kappa shape index (κ3) is 4.10. The number of para-hydroxylation sites is 2. The highest BCUT2D eigenvalue weighted by atomic mass is 16.5. The largest absolute Gasteiger partial charge is 0.380 e. The summed E-state index contributed by atoms with van der Waals surface area (Å²) in [5.74, 6) is 0. The maximum absolute atomic E-state index is 5.23. The summed E-state index contributed by atoms with van der Waals surface area (Å²) in [6, 6.07) is 14.6. The molecule has 0 heterocycles. The third-order valence-electron chi connectivity index (χ3n) is 3.06. The molecular formula is C18H25NO. The standard InChI is InChI=1S/C16H19NO.C2H6/c1-12-7-6-8-13(2)16(12)17-15-10-5-4-9-14(15)11-18-3;1-2/h4-10,17H,11H2,1-3H3;1-2H3. The van der Waals surface area contributed by atoms with Crippen molar-refractivity contribution in [1.29, 1.82) is 0 Å². The van der Waals surface area contributed by atoms with Gasteiger partial charge in [0.25, 0.3) is 0 Å². The predicted octanol–water partition coefficient (Wildman–Crippen LogP) is 5.22. The Morgan fingerprint density at radius 3 is 2.10 bits per heavy atom. The average Bonchev–Trinajstić information content (AvgIpc) is 2.47. The highest BCUT2D eigenvalue weighted by molar-refractivity contribution is 5.68. The van der Waals surface area contributed by atoms with E-state index in [2.05, 4.69) is 49.5 Å². The van der Waals surface area contributed by atoms with Crippen LogP contribution >= 0.6 is 0 Å². The number of ether oxygens (including phenoxy) is 1. The van der Waals surface area contributed by atoms with E-state index in [1.54, 1.807) is 7.11 Å². The molecule has 0 unspecified atom stereocenters. The SMILES string of the molecule is CC.COCc1ccccc1Nc1c(C)cccc1C. The molecule has 20 heavy (non-hydrogen) atoms. The van der Waals surface area contributed by atoms with Crippen molar-refractivity contribution >= 4 is 11.4 Å². The van der Waals surface area contributed by atoms with Gasteiger partial charge < -0.3 is 10.1 Å². The zero-order valence-corrected chi connectivity index (χ0v) is 13.2. The molecule has 0 saturated heterocycles. The highest BCUT2D eigenvalue weighted by Crippen LogP contribution is 2.26. The van der Waals surface area contributed by atoms with Crippen molar-refractivity contribution in [3.63, 3.8) is 0 Å². The average molecular weight is 271 g/mol. The summed E-state index contributed by atoms with van der Waals surface area (Å²) in [5.41, 5.74) is 5.96. The molecule has 108 valence electrons. The minimum Gasteiger partial charge on any atom is -0.380 e. The van der Waals surface area contributed by atoms with Gasteiger partial charge in [-0.25, -0.2) is 0 Å². The van der Waals surface area contributed by atoms with E-state index in [9.17, 15) is 0 Å². The van der Waals surface area contributed by atoms with Crippen LogP contribution in [0.25, 0.3) is 0 Å². The lowest BCUT2D eigenvalue weighted by molar-refractivity contribution is 0.185. The first-order valence-electron chi connectivity index (χ1n) is 7.12. The Morgan fingerprint density at radius 2 is 1.50 bits per heavy atom. The molecule has 2 aromatic carbocycles. The van der Waals surface area contributed by atoms with Crippen molar-refractivity contribution < 1.29 is 4.74 Å². The topological polar surface area (TPSA) is 21.3 Å². The Balaban J connectivity index is 0.000000956. The van der Waals surface area contributed by atoms with E-state index < -0.39 is 0 Å². The van der Waals surface area contributed by atoms with E-state index in [0.717, 1.165) is 5.69 Å². The van der Waals surface area contributed by atoms with Gasteiger partial charge in [-0.05, 0) is 31.0 Å². The van der Waals surface area contributed by atoms with E-state index in [4.69, 9.17) is 4.74 Å². The van der Waals surface area contributed by atoms with Crippen LogP contribution in [0, 0.1) is 13.8 Å². The van der Waals surface area contributed by atoms with Crippen LogP contribution in [-0.2, 0) is 11.3 Å². The van der Waals surface area contributed by atoms with Gasteiger partial charge in [0.2, 0.25) is 0 Å². The number of rotatable bonds is 4. The van der Waals surface area contributed by atoms with Gasteiger partial charge in [-0.1, -0.05) is 50.2 Å². The number of anilines is 2. The summed E-state index contributed by atoms with van der Waals surface area (Å²) < 4.78 is 5.23. The van der Waals surface area contributed by atoms with Crippen molar-refractivity contribution in [2.24, 2.45) is 0 Å². The van der Waals surface area contributed by atoms with E-state index in [1.807, 2.05) is 26.0 Å². The lowest BCUT2D eigenvalue weighted by Gasteiger charge is -2.15. The summed E-state index contributed by atoms with van der Waals surface area (Å²) in [5, 5.41) is 3.51. The molecule has 0 saturated carbocycles. The molecule has 0 aliphatic carbocycles. The van der Waals surface area contributed by atoms with Crippen molar-refractivity contribution in [2.75, 3.05) is 12.4 Å². The number of nitrogens with one attached hydrogen (secondary N) is 1. The molecule has 2 aromatic rings. The number of benzene rings is 2. The monoisotopic (exact) mass is 271 g/mol. The molecule has 0 bridgehead atoms. The molecule has 0 atom stereocenters. The van der Waals surface area contributed by atoms with Crippen molar-refractivity contribution in [1.82, 2.24) is 0 Å². The van der Waals surface area contributed by atoms with Crippen LogP contribution in [-0.4, -0.2) is 7.11 Å². The normalized spacial score (nSPS) is 9.65. The van der Waals surface area contributed by atoms with Crippen LogP contribution in [0.3, 0.4) is 0 Å². The summed E-state index contributed by atoms with van der Waals surface area (Å²) in [6.07, 6.45) is 0. The lowest BCUT2D eigenvalue weighted by Crippen LogP contribution is -2.00. The third-order valence-corrected chi connectivity index (χ3v) is 3.06. The molecule has 2 rings (SSSR count). The molecular weight excluding hydrogens is 246 g/mol. The van der Waals surface area contributed by atoms with E-state index in [-0.39, 0.29) is 0 Å². The molecule has 0 spiro atoms. The van der Waals surface area contributed by atoms with Crippen molar-refractivity contribution in [2.45, 2.75) is 34.3 Å². The number of hydrogen-bond donors (Lipinski definition) is 1. The fourth-order valence-electron chi connectivity index (χ4n) is 2.07. The van der Waals surface area contributed by atoms with Gasteiger partial charge in [-0.2, -0.15) is 0 Å². The van der Waals surface area contributed by atoms with Gasteiger partial charge in [-0.3, -0.25) is 0 Å². The quantitative estimate of drug-likeness (QED) is 0.823. The second-order valence-electron chi connectivity index (χ2n) is 4.48. The van der Waals surface area contributed by atoms with Gasteiger partial charge in [0, 0.05) is 24.0 Å². The van der Waals surface area contributed by atoms with Crippen molar-refractivity contribution in [3.05, 3.63) is 59.2 Å². The summed E-state index contributed by atoms with van der Waals surface area (Å²) in [4.78, 5) is 0. The van der Waals surface area contributed by atoms with Gasteiger partial charge in [0.05, 0.1) is 6.61 Å². The zero-order valence-electron chi connectivity index (χ0n) is 13.2. The molecule has 2 heteroatoms. The molecule has 0 aliphatic heterocycles. The van der Waals surface area contributed by atoms with Crippen LogP contribution < -0.4 is 5.32 Å². The van der Waals surface area contributed by atoms with E-state index in [0.29, 0.717) is 6.61 Å². The Bertz CT molecular complexity index is 514. The first kappa shape index (κ1) is 16.3. The zero-order chi connectivity index (χ0) is 15.0. The highest BCUT2D eigenvalue weighted by Gasteiger charge is 2.05. The van der Waals surface area contributed by atoms with Gasteiger partial charge in [0.15, 0.2) is 0 Å². The smallest absolute Gasteiger partial charge is 0.0733 e. The minimum absolute atomic E-state index is 0.619. The fraction of sp³-hybridized carbons (Fsp3) is 0.333. The molecule has 0 aliphatic rings. The Kier molecular flexibility index (Phi) is 6.82. The van der Waals surface area contributed by atoms with Crippen LogP contribution in [0.2, 0.25) is 0 Å². The second-order valence-corrected chi connectivity index (χ2v) is 4.48. The Labute approximate surface area is 122 Å². The minimum atomic E-state index is 0.619. The van der Waals surface area contributed by atoms with Crippen LogP contribution in [0.5, 0.6) is 0 Å². The predicted molar refractivity (Wildman–Crippen MR) is 87.7 cm³/mol. The first-order chi connectivity index (χ1) is 9.72. The summed E-state index contributed by atoms with van der Waals surface area (Å²) in [7, 11) is 1.72. The van der Waals surface area contributed by atoms with E-state index >= 15 is 0 Å². The van der Waals surface area contributed by atoms with Crippen LogP contribution in [0.1, 0.15) is 30.5 Å². The molecule has 0 radical (unpaired) electrons. The maximum atomic E-state index is 5.23. The van der Waals surface area contributed by atoms with E-state index in [1.165, 1.54) is 22.4 Å². The van der Waals surface area contributed by atoms with Crippen molar-refractivity contribution in [3.8, 4) is 0 Å². The van der Waals surface area contributed by atoms with Crippen LogP contribution in [0.4, 0.5) is 11.4 Å². The molecule has 0 aromatic heterocycles. The Morgan fingerprint density at radius 1 is 0.900 bits per heavy atom. The van der Waals surface area contributed by atoms with Gasteiger partial charge in [-0.15, -0.1) is 0 Å². The molecule has 0 amide bonds. The van der Waals surface area contributed by atoms with Gasteiger partial charge in [0.1, 0.15) is 0 Å². The summed E-state index contributed by atoms with van der Waals surface area (Å²) >= 11 is 0. The van der Waals surface area contributed by atoms with Crippen LogP contribution in [0.15, 0.2) is 42.5 Å². The number of aryl methyl sites for hydroxylation is 2. The molecule has 1 N–H and O–H groups in total. The fourth-order valence-corrected chi connectivity index (χ4v) is 2.07. The molecule has 0 fully saturated rings. The lowest BCUT2D eigenvalue weighted by atomic mass is 10.1. The number of methoxy groups -OCH3 is 1. The Hall–Kier alpha value is -1.80. The van der Waals surface area contributed by atoms with Gasteiger partial charge >= 0.3 is 0 Å². The maximum Gasteiger partial charge on any atom is 0.0733 e. The second kappa shape index (κ2) is 8.39. The number of hydrogen-bond acceptors (Lipinski definition) is 2. The summed E-state index contributed by atoms with van der Waals surface area (Å²) in [6.45, 7) is 8.86. The molecule has 2 nitrogen and oxygen atoms in total. The first-order valence-corrected chi connectivity index (χ1v) is 7.12.